The lowest BCUT2D eigenvalue weighted by Gasteiger charge is -2.35. The SMILES string of the molecule is CC(C1CCCN1C(=O)c1ccc(-c2ccccc2[NH2+][O-])cc1)N1CCCC1. The highest BCUT2D eigenvalue weighted by atomic mass is 16.5. The van der Waals surface area contributed by atoms with Crippen molar-refractivity contribution >= 4 is 11.6 Å². The topological polar surface area (TPSA) is 63.2 Å². The number of quaternary nitrogens is 1. The zero-order valence-electron chi connectivity index (χ0n) is 16.5. The molecule has 2 fully saturated rings. The summed E-state index contributed by atoms with van der Waals surface area (Å²) in [7, 11) is 0. The van der Waals surface area contributed by atoms with Crippen molar-refractivity contribution in [2.75, 3.05) is 19.6 Å². The molecule has 5 nitrogen and oxygen atoms in total. The standard InChI is InChI=1S/C23H29N3O2/c1-17(25-14-4-5-15-25)22-9-6-16-26(22)23(27)19-12-10-18(11-13-19)20-7-2-3-8-21(20)24-28/h2-3,7-8,10-13,17,22H,4-6,9,14-16,24H2,1H3. The Labute approximate surface area is 166 Å². The predicted octanol–water partition coefficient (Wildman–Crippen LogP) is 3.14. The van der Waals surface area contributed by atoms with Crippen molar-refractivity contribution in [1.29, 1.82) is 0 Å². The molecule has 2 unspecified atom stereocenters. The fourth-order valence-electron chi connectivity index (χ4n) is 4.76. The van der Waals surface area contributed by atoms with Crippen LogP contribution in [0.5, 0.6) is 0 Å². The van der Waals surface area contributed by atoms with Crippen LogP contribution < -0.4 is 5.48 Å². The summed E-state index contributed by atoms with van der Waals surface area (Å²) < 4.78 is 0. The van der Waals surface area contributed by atoms with E-state index in [9.17, 15) is 10.0 Å². The Morgan fingerprint density at radius 1 is 1.04 bits per heavy atom. The highest BCUT2D eigenvalue weighted by Gasteiger charge is 2.36. The largest absolute Gasteiger partial charge is 0.630 e. The third-order valence-corrected chi connectivity index (χ3v) is 6.36. The molecule has 2 heterocycles. The Morgan fingerprint density at radius 2 is 1.75 bits per heavy atom. The van der Waals surface area contributed by atoms with E-state index >= 15 is 0 Å². The number of carbonyl (C=O) groups excluding carboxylic acids is 1. The summed E-state index contributed by atoms with van der Waals surface area (Å²) in [5, 5.41) is 11.3. The molecule has 0 bridgehead atoms. The quantitative estimate of drug-likeness (QED) is 0.641. The van der Waals surface area contributed by atoms with Gasteiger partial charge in [0.05, 0.1) is 0 Å². The second kappa shape index (κ2) is 8.43. The molecule has 5 heteroatoms. The number of nitrogens with two attached hydrogens (primary N) is 1. The molecule has 28 heavy (non-hydrogen) atoms. The van der Waals surface area contributed by atoms with Gasteiger partial charge in [-0.25, -0.2) is 0 Å². The number of hydrogen-bond donors (Lipinski definition) is 1. The second-order valence-electron chi connectivity index (χ2n) is 7.97. The minimum Gasteiger partial charge on any atom is -0.630 e. The molecule has 4 rings (SSSR count). The molecule has 0 aliphatic carbocycles. The molecular weight excluding hydrogens is 350 g/mol. The van der Waals surface area contributed by atoms with Gasteiger partial charge < -0.3 is 15.6 Å². The van der Waals surface area contributed by atoms with Crippen molar-refractivity contribution in [3.8, 4) is 11.1 Å². The van der Waals surface area contributed by atoms with E-state index in [-0.39, 0.29) is 5.91 Å². The molecule has 2 saturated heterocycles. The molecule has 148 valence electrons. The monoisotopic (exact) mass is 379 g/mol. The average molecular weight is 380 g/mol. The third kappa shape index (κ3) is 3.70. The second-order valence-corrected chi connectivity index (χ2v) is 7.97. The van der Waals surface area contributed by atoms with E-state index in [4.69, 9.17) is 0 Å². The molecule has 2 N–H and O–H groups in total. The Kier molecular flexibility index (Phi) is 5.76. The summed E-state index contributed by atoms with van der Waals surface area (Å²) in [6.45, 7) is 5.44. The van der Waals surface area contributed by atoms with Crippen LogP contribution in [-0.4, -0.2) is 47.4 Å². The maximum Gasteiger partial charge on any atom is 0.254 e. The van der Waals surface area contributed by atoms with Gasteiger partial charge in [0.15, 0.2) is 0 Å². The molecule has 2 aliphatic rings. The van der Waals surface area contributed by atoms with Gasteiger partial charge in [-0.3, -0.25) is 9.69 Å². The number of nitrogens with zero attached hydrogens (tertiary/aromatic N) is 2. The first kappa shape index (κ1) is 19.1. The van der Waals surface area contributed by atoms with Crippen molar-refractivity contribution in [1.82, 2.24) is 9.80 Å². The lowest BCUT2D eigenvalue weighted by molar-refractivity contribution is -0.496. The summed E-state index contributed by atoms with van der Waals surface area (Å²) in [6.07, 6.45) is 4.72. The number of rotatable bonds is 5. The maximum atomic E-state index is 13.2. The smallest absolute Gasteiger partial charge is 0.254 e. The van der Waals surface area contributed by atoms with Crippen molar-refractivity contribution in [3.05, 3.63) is 59.3 Å². The van der Waals surface area contributed by atoms with Crippen LogP contribution in [0.4, 0.5) is 5.69 Å². The number of benzene rings is 2. The van der Waals surface area contributed by atoms with E-state index in [2.05, 4.69) is 16.7 Å². The van der Waals surface area contributed by atoms with Gasteiger partial charge >= 0.3 is 0 Å². The van der Waals surface area contributed by atoms with E-state index in [1.165, 1.54) is 12.8 Å². The predicted molar refractivity (Wildman–Crippen MR) is 111 cm³/mol. The molecular formula is C23H29N3O2. The minimum absolute atomic E-state index is 0.128. The number of likely N-dealkylation sites (tertiary alicyclic amines) is 2. The first-order valence-corrected chi connectivity index (χ1v) is 10.4. The van der Waals surface area contributed by atoms with E-state index in [0.717, 1.165) is 54.6 Å². The van der Waals surface area contributed by atoms with E-state index in [0.29, 0.717) is 17.8 Å². The molecule has 0 spiro atoms. The van der Waals surface area contributed by atoms with Crippen LogP contribution >= 0.6 is 0 Å². The van der Waals surface area contributed by atoms with Crippen LogP contribution in [0, 0.1) is 5.21 Å². The molecule has 0 aromatic heterocycles. The molecule has 1 amide bonds. The average Bonchev–Trinajstić information content (AvgIpc) is 3.45. The molecule has 2 aliphatic heterocycles. The van der Waals surface area contributed by atoms with Crippen molar-refractivity contribution in [2.45, 2.75) is 44.7 Å². The minimum atomic E-state index is 0.128. The van der Waals surface area contributed by atoms with Gasteiger partial charge in [-0.1, -0.05) is 24.3 Å². The molecule has 0 radical (unpaired) electrons. The fourth-order valence-corrected chi connectivity index (χ4v) is 4.76. The summed E-state index contributed by atoms with van der Waals surface area (Å²) in [6, 6.07) is 16.0. The normalized spacial score (nSPS) is 21.2. The summed E-state index contributed by atoms with van der Waals surface area (Å²) in [4.78, 5) is 17.8. The van der Waals surface area contributed by atoms with Gasteiger partial charge in [0, 0.05) is 29.8 Å². The van der Waals surface area contributed by atoms with Gasteiger partial charge in [0.1, 0.15) is 5.69 Å². The van der Waals surface area contributed by atoms with Gasteiger partial charge in [-0.2, -0.15) is 0 Å². The van der Waals surface area contributed by atoms with Gasteiger partial charge in [-0.15, -0.1) is 0 Å². The molecule has 0 saturated carbocycles. The summed E-state index contributed by atoms with van der Waals surface area (Å²) in [5.74, 6) is 0.128. The van der Waals surface area contributed by atoms with Crippen molar-refractivity contribution in [2.24, 2.45) is 0 Å². The number of carbonyl (C=O) groups is 1. The Bertz CT molecular complexity index is 815. The van der Waals surface area contributed by atoms with Crippen molar-refractivity contribution < 1.29 is 10.3 Å². The number of amides is 1. The van der Waals surface area contributed by atoms with E-state index in [1.807, 2.05) is 48.5 Å². The van der Waals surface area contributed by atoms with Crippen molar-refractivity contribution in [3.63, 3.8) is 0 Å². The first-order chi connectivity index (χ1) is 13.7. The van der Waals surface area contributed by atoms with E-state index < -0.39 is 0 Å². The Hall–Kier alpha value is -2.21. The maximum absolute atomic E-state index is 13.2. The van der Waals surface area contributed by atoms with Crippen LogP contribution in [0.2, 0.25) is 0 Å². The molecule has 2 aromatic carbocycles. The zero-order valence-corrected chi connectivity index (χ0v) is 16.5. The number of hydrogen-bond acceptors (Lipinski definition) is 3. The Morgan fingerprint density at radius 3 is 2.46 bits per heavy atom. The zero-order chi connectivity index (χ0) is 19.5. The van der Waals surface area contributed by atoms with Crippen LogP contribution in [0.1, 0.15) is 43.0 Å². The van der Waals surface area contributed by atoms with Crippen LogP contribution in [0.3, 0.4) is 0 Å². The van der Waals surface area contributed by atoms with Gasteiger partial charge in [0.2, 0.25) is 0 Å². The lowest BCUT2D eigenvalue weighted by Crippen LogP contribution is -2.70. The van der Waals surface area contributed by atoms with Crippen LogP contribution in [0.15, 0.2) is 48.5 Å². The highest BCUT2D eigenvalue weighted by Crippen LogP contribution is 2.29. The van der Waals surface area contributed by atoms with Gasteiger partial charge in [-0.05, 0) is 75.5 Å². The third-order valence-electron chi connectivity index (χ3n) is 6.36. The lowest BCUT2D eigenvalue weighted by atomic mass is 10.0. The highest BCUT2D eigenvalue weighted by molar-refractivity contribution is 5.95. The van der Waals surface area contributed by atoms with E-state index in [1.54, 1.807) is 0 Å². The van der Waals surface area contributed by atoms with Gasteiger partial charge in [0.25, 0.3) is 5.91 Å². The summed E-state index contributed by atoms with van der Waals surface area (Å²) >= 11 is 0. The summed E-state index contributed by atoms with van der Waals surface area (Å²) in [5.41, 5.74) is 4.14. The molecule has 2 atom stereocenters. The Balaban J connectivity index is 1.51. The molecule has 2 aromatic rings. The van der Waals surface area contributed by atoms with Crippen LogP contribution in [-0.2, 0) is 0 Å². The fraction of sp³-hybridized carbons (Fsp3) is 0.435. The first-order valence-electron chi connectivity index (χ1n) is 10.4. The van der Waals surface area contributed by atoms with Crippen LogP contribution in [0.25, 0.3) is 11.1 Å².